The number of pyridine rings is 1. The molecular formula is C34H39N5O2. The first-order valence-corrected chi connectivity index (χ1v) is 14.7. The summed E-state index contributed by atoms with van der Waals surface area (Å²) in [5.74, 6) is 1.23. The molecule has 2 heterocycles. The highest BCUT2D eigenvalue weighted by molar-refractivity contribution is 5.66. The molecule has 212 valence electrons. The number of nitrogens with zero attached hydrogens (tertiary/aromatic N) is 3. The molecule has 6 rings (SSSR count). The van der Waals surface area contributed by atoms with E-state index < -0.39 is 5.97 Å². The highest BCUT2D eigenvalue weighted by atomic mass is 16.4. The molecule has 4 aromatic rings. The second-order valence-corrected chi connectivity index (χ2v) is 12.5. The van der Waals surface area contributed by atoms with E-state index in [1.54, 1.807) is 0 Å². The van der Waals surface area contributed by atoms with Crippen LogP contribution in [0.3, 0.4) is 0 Å². The van der Waals surface area contributed by atoms with Gasteiger partial charge in [0.05, 0.1) is 36.6 Å². The van der Waals surface area contributed by atoms with E-state index in [9.17, 15) is 4.79 Å². The summed E-state index contributed by atoms with van der Waals surface area (Å²) in [5.41, 5.74) is 6.15. The molecular weight excluding hydrogens is 510 g/mol. The van der Waals surface area contributed by atoms with Gasteiger partial charge in [0, 0.05) is 12.7 Å². The first-order valence-electron chi connectivity index (χ1n) is 14.7. The molecule has 2 aliphatic rings. The predicted octanol–water partition coefficient (Wildman–Crippen LogP) is 6.89. The molecule has 0 radical (unpaired) electrons. The maximum absolute atomic E-state index is 11.1. The van der Waals surface area contributed by atoms with Gasteiger partial charge in [-0.05, 0) is 77.3 Å². The lowest BCUT2D eigenvalue weighted by Gasteiger charge is -2.47. The summed E-state index contributed by atoms with van der Waals surface area (Å²) >= 11 is 0. The number of aliphatic carboxylic acids is 1. The van der Waals surface area contributed by atoms with Crippen LogP contribution >= 0.6 is 0 Å². The van der Waals surface area contributed by atoms with Gasteiger partial charge in [-0.15, -0.1) is 0 Å². The summed E-state index contributed by atoms with van der Waals surface area (Å²) in [6, 6.07) is 23.2. The normalized spacial score (nSPS) is 17.9. The van der Waals surface area contributed by atoms with Crippen LogP contribution in [-0.2, 0) is 4.79 Å². The monoisotopic (exact) mass is 549 g/mol. The fraction of sp³-hybridized carbons (Fsp3) is 0.382. The summed E-state index contributed by atoms with van der Waals surface area (Å²) in [4.78, 5) is 15.8. The van der Waals surface area contributed by atoms with Crippen LogP contribution in [0.1, 0.15) is 86.2 Å². The molecule has 0 aliphatic heterocycles. The Hall–Kier alpha value is -3.97. The second kappa shape index (κ2) is 11.5. The number of benzene rings is 2. The van der Waals surface area contributed by atoms with Crippen molar-refractivity contribution >= 4 is 11.7 Å². The molecule has 3 N–H and O–H groups in total. The quantitative estimate of drug-likeness (QED) is 0.178. The van der Waals surface area contributed by atoms with Gasteiger partial charge in [0.25, 0.3) is 0 Å². The summed E-state index contributed by atoms with van der Waals surface area (Å²) < 4.78 is 1.87. The van der Waals surface area contributed by atoms with Crippen molar-refractivity contribution in [3.05, 3.63) is 108 Å². The van der Waals surface area contributed by atoms with Crippen molar-refractivity contribution in [1.82, 2.24) is 20.1 Å². The molecule has 0 bridgehead atoms. The molecule has 0 spiro atoms. The zero-order valence-electron chi connectivity index (χ0n) is 23.8. The van der Waals surface area contributed by atoms with E-state index >= 15 is 0 Å². The Balaban J connectivity index is 1.21. The fourth-order valence-electron chi connectivity index (χ4n) is 6.24. The number of carboxylic acid groups (broad SMARTS) is 1. The number of nitrogens with one attached hydrogen (secondary N) is 2. The second-order valence-electron chi connectivity index (χ2n) is 12.5. The Morgan fingerprint density at radius 3 is 2.32 bits per heavy atom. The number of carboxylic acids is 1. The Labute approximate surface area is 242 Å². The van der Waals surface area contributed by atoms with Crippen molar-refractivity contribution in [3.8, 4) is 5.82 Å². The first-order chi connectivity index (χ1) is 19.8. The van der Waals surface area contributed by atoms with Crippen LogP contribution in [0.4, 0.5) is 5.69 Å². The molecule has 2 unspecified atom stereocenters. The molecule has 0 saturated heterocycles. The summed E-state index contributed by atoms with van der Waals surface area (Å²) in [6.45, 7) is 5.09. The fourth-order valence-corrected chi connectivity index (χ4v) is 6.24. The van der Waals surface area contributed by atoms with Gasteiger partial charge in [0.1, 0.15) is 0 Å². The molecule has 2 aliphatic carbocycles. The summed E-state index contributed by atoms with van der Waals surface area (Å²) in [7, 11) is 0. The van der Waals surface area contributed by atoms with E-state index in [2.05, 4.69) is 78.2 Å². The van der Waals surface area contributed by atoms with Crippen LogP contribution in [0, 0.1) is 11.3 Å². The van der Waals surface area contributed by atoms with Gasteiger partial charge in [-0.2, -0.15) is 5.10 Å². The van der Waals surface area contributed by atoms with Crippen LogP contribution in [0.2, 0.25) is 0 Å². The van der Waals surface area contributed by atoms with Gasteiger partial charge < -0.3 is 15.7 Å². The maximum atomic E-state index is 11.1. The molecule has 2 aromatic heterocycles. The van der Waals surface area contributed by atoms with Gasteiger partial charge in [-0.1, -0.05) is 68.4 Å². The number of hydrogen-bond donors (Lipinski definition) is 3. The van der Waals surface area contributed by atoms with Crippen LogP contribution in [0.5, 0.6) is 0 Å². The topological polar surface area (TPSA) is 92.1 Å². The van der Waals surface area contributed by atoms with Gasteiger partial charge in [0.15, 0.2) is 5.82 Å². The average molecular weight is 550 g/mol. The Morgan fingerprint density at radius 2 is 1.68 bits per heavy atom. The zero-order valence-corrected chi connectivity index (χ0v) is 23.8. The number of anilines is 1. The smallest absolute Gasteiger partial charge is 0.304 e. The molecule has 0 amide bonds. The minimum absolute atomic E-state index is 0.0712. The van der Waals surface area contributed by atoms with Crippen LogP contribution in [0.25, 0.3) is 5.82 Å². The van der Waals surface area contributed by atoms with Crippen molar-refractivity contribution in [1.29, 1.82) is 0 Å². The average Bonchev–Trinajstić information content (AvgIpc) is 3.70. The van der Waals surface area contributed by atoms with Gasteiger partial charge in [-0.3, -0.25) is 4.79 Å². The highest BCUT2D eigenvalue weighted by Gasteiger charge is 2.41. The Bertz CT molecular complexity index is 1450. The third kappa shape index (κ3) is 6.51. The van der Waals surface area contributed by atoms with E-state index in [-0.39, 0.29) is 18.5 Å². The van der Waals surface area contributed by atoms with E-state index in [0.717, 1.165) is 22.6 Å². The van der Waals surface area contributed by atoms with Crippen LogP contribution in [-0.4, -0.2) is 32.4 Å². The van der Waals surface area contributed by atoms with E-state index in [1.807, 2.05) is 41.3 Å². The Morgan fingerprint density at radius 1 is 0.976 bits per heavy atom. The van der Waals surface area contributed by atoms with Crippen molar-refractivity contribution in [2.45, 2.75) is 64.0 Å². The number of carbonyl (C=O) groups is 1. The lowest BCUT2D eigenvalue weighted by atomic mass is 9.61. The third-order valence-electron chi connectivity index (χ3n) is 8.51. The zero-order chi connectivity index (χ0) is 28.4. The van der Waals surface area contributed by atoms with Crippen LogP contribution < -0.4 is 10.6 Å². The number of rotatable bonds is 12. The lowest BCUT2D eigenvalue weighted by Crippen LogP contribution is -2.38. The van der Waals surface area contributed by atoms with Gasteiger partial charge in [0.2, 0.25) is 0 Å². The minimum Gasteiger partial charge on any atom is -0.481 e. The van der Waals surface area contributed by atoms with Crippen molar-refractivity contribution in [3.63, 3.8) is 0 Å². The molecule has 2 fully saturated rings. The molecule has 41 heavy (non-hydrogen) atoms. The lowest BCUT2D eigenvalue weighted by molar-refractivity contribution is -0.136. The SMILES string of the molecule is CC1(C)CC(C(Nc2ccc(-n3cc(C4CC4)cn3)nc2)c2ccc(C(NCCC(=O)O)c3ccccc3)cc2)C1. The molecule has 2 aromatic carbocycles. The molecule has 2 saturated carbocycles. The number of hydrogen-bond acceptors (Lipinski definition) is 5. The Kier molecular flexibility index (Phi) is 7.63. The van der Waals surface area contributed by atoms with Crippen molar-refractivity contribution in [2.75, 3.05) is 11.9 Å². The van der Waals surface area contributed by atoms with E-state index in [1.165, 1.54) is 36.8 Å². The largest absolute Gasteiger partial charge is 0.481 e. The van der Waals surface area contributed by atoms with E-state index in [4.69, 9.17) is 10.1 Å². The molecule has 2 atom stereocenters. The standard InChI is InChI=1S/C34H39N5O2/c1-34(2)18-27(19-34)33(38-29-14-15-30(36-21-29)39-22-28(20-37-39)23-8-9-23)26-12-10-25(11-13-26)32(35-17-16-31(40)41)24-6-4-3-5-7-24/h3-7,10-15,20-23,27,32-33,35,38H,8-9,16-19H2,1-2H3,(H,40,41). The molecule has 7 heteroatoms. The third-order valence-corrected chi connectivity index (χ3v) is 8.51. The summed E-state index contributed by atoms with van der Waals surface area (Å²) in [5, 5.41) is 20.9. The number of aromatic nitrogens is 3. The highest BCUT2D eigenvalue weighted by Crippen LogP contribution is 2.51. The first kappa shape index (κ1) is 27.2. The summed E-state index contributed by atoms with van der Waals surface area (Å²) in [6.07, 6.45) is 10.9. The van der Waals surface area contributed by atoms with Gasteiger partial charge in [-0.25, -0.2) is 9.67 Å². The van der Waals surface area contributed by atoms with Crippen LogP contribution in [0.15, 0.2) is 85.3 Å². The van der Waals surface area contributed by atoms with Crippen molar-refractivity contribution in [2.24, 2.45) is 11.3 Å². The molecule has 7 nitrogen and oxygen atoms in total. The maximum Gasteiger partial charge on any atom is 0.304 e. The van der Waals surface area contributed by atoms with E-state index in [0.29, 0.717) is 23.8 Å². The van der Waals surface area contributed by atoms with Crippen molar-refractivity contribution < 1.29 is 9.90 Å². The van der Waals surface area contributed by atoms with Gasteiger partial charge >= 0.3 is 5.97 Å². The predicted molar refractivity (Wildman–Crippen MR) is 161 cm³/mol. The minimum atomic E-state index is -0.799.